The van der Waals surface area contributed by atoms with Crippen LogP contribution in [0.4, 0.5) is 5.69 Å². The number of rotatable bonds is 6. The van der Waals surface area contributed by atoms with Gasteiger partial charge in [0.2, 0.25) is 0 Å². The number of amides is 1. The topological polar surface area (TPSA) is 64.6 Å². The Hall–Kier alpha value is -2.53. The van der Waals surface area contributed by atoms with Gasteiger partial charge in [-0.1, -0.05) is 29.8 Å². The maximum Gasteiger partial charge on any atom is 0.344 e. The van der Waals surface area contributed by atoms with E-state index in [4.69, 9.17) is 21.1 Å². The van der Waals surface area contributed by atoms with Gasteiger partial charge in [-0.15, -0.1) is 0 Å². The summed E-state index contributed by atoms with van der Waals surface area (Å²) in [6.45, 7) is 4.98. The zero-order valence-corrected chi connectivity index (χ0v) is 15.1. The van der Waals surface area contributed by atoms with Crippen molar-refractivity contribution in [2.45, 2.75) is 20.8 Å². The van der Waals surface area contributed by atoms with Crippen LogP contribution >= 0.6 is 11.6 Å². The highest BCUT2D eigenvalue weighted by atomic mass is 35.5. The van der Waals surface area contributed by atoms with Crippen molar-refractivity contribution >= 4 is 29.2 Å². The monoisotopic (exact) mass is 361 g/mol. The normalized spacial score (nSPS) is 10.2. The number of ether oxygens (including phenoxy) is 2. The Balaban J connectivity index is 1.80. The third-order valence-electron chi connectivity index (χ3n) is 3.59. The minimum atomic E-state index is -0.619. The first-order valence-corrected chi connectivity index (χ1v) is 8.15. The molecule has 0 atom stereocenters. The molecule has 0 aromatic heterocycles. The van der Waals surface area contributed by atoms with E-state index in [1.807, 2.05) is 39.0 Å². The number of hydrogen-bond acceptors (Lipinski definition) is 4. The molecule has 0 aliphatic heterocycles. The number of nitrogens with one attached hydrogen (secondary N) is 1. The van der Waals surface area contributed by atoms with Gasteiger partial charge in [0.25, 0.3) is 5.91 Å². The molecule has 0 aliphatic carbocycles. The van der Waals surface area contributed by atoms with E-state index in [1.165, 1.54) is 0 Å². The average molecular weight is 362 g/mol. The lowest BCUT2D eigenvalue weighted by atomic mass is 10.1. The molecule has 0 unspecified atom stereocenters. The van der Waals surface area contributed by atoms with Crippen molar-refractivity contribution in [3.8, 4) is 5.75 Å². The highest BCUT2D eigenvalue weighted by Gasteiger charge is 2.11. The third-order valence-corrected chi connectivity index (χ3v) is 3.83. The van der Waals surface area contributed by atoms with Gasteiger partial charge in [0.1, 0.15) is 5.75 Å². The zero-order chi connectivity index (χ0) is 18.4. The summed E-state index contributed by atoms with van der Waals surface area (Å²) in [6, 6.07) is 10.8. The van der Waals surface area contributed by atoms with E-state index in [0.717, 1.165) is 22.4 Å². The number of benzene rings is 2. The van der Waals surface area contributed by atoms with Crippen molar-refractivity contribution < 1.29 is 19.1 Å². The molecular formula is C19H20ClNO4. The second kappa shape index (κ2) is 8.53. The number of halogens is 1. The molecule has 1 amide bonds. The molecule has 0 aliphatic rings. The maximum atomic E-state index is 11.9. The number of esters is 1. The summed E-state index contributed by atoms with van der Waals surface area (Å²) in [6.07, 6.45) is 0. The lowest BCUT2D eigenvalue weighted by Crippen LogP contribution is -2.24. The molecule has 0 radical (unpaired) electrons. The lowest BCUT2D eigenvalue weighted by Gasteiger charge is -2.12. The number of carbonyl (C=O) groups excluding carboxylic acids is 2. The molecule has 0 fully saturated rings. The Kier molecular flexibility index (Phi) is 6.42. The van der Waals surface area contributed by atoms with Gasteiger partial charge in [0.05, 0.1) is 0 Å². The first kappa shape index (κ1) is 18.8. The molecule has 0 saturated heterocycles. The van der Waals surface area contributed by atoms with Crippen molar-refractivity contribution in [2.75, 3.05) is 18.5 Å². The molecule has 0 heterocycles. The summed E-state index contributed by atoms with van der Waals surface area (Å²) in [7, 11) is 0. The van der Waals surface area contributed by atoms with Gasteiger partial charge in [0.15, 0.2) is 13.2 Å². The van der Waals surface area contributed by atoms with Crippen molar-refractivity contribution in [3.63, 3.8) is 0 Å². The number of hydrogen-bond donors (Lipinski definition) is 1. The highest BCUT2D eigenvalue weighted by Crippen LogP contribution is 2.22. The Morgan fingerprint density at radius 1 is 1.00 bits per heavy atom. The minimum absolute atomic E-state index is 0.279. The van der Waals surface area contributed by atoms with E-state index in [-0.39, 0.29) is 13.2 Å². The molecular weight excluding hydrogens is 342 g/mol. The molecule has 2 aromatic carbocycles. The number of anilines is 1. The van der Waals surface area contributed by atoms with Gasteiger partial charge >= 0.3 is 5.97 Å². The van der Waals surface area contributed by atoms with Crippen molar-refractivity contribution in [1.82, 2.24) is 0 Å². The molecule has 5 nitrogen and oxygen atoms in total. The lowest BCUT2D eigenvalue weighted by molar-refractivity contribution is -0.149. The van der Waals surface area contributed by atoms with Gasteiger partial charge in [-0.2, -0.15) is 0 Å². The summed E-state index contributed by atoms with van der Waals surface area (Å²) >= 11 is 5.86. The van der Waals surface area contributed by atoms with Crippen LogP contribution in [0.15, 0.2) is 36.4 Å². The van der Waals surface area contributed by atoms with Crippen LogP contribution < -0.4 is 10.1 Å². The van der Waals surface area contributed by atoms with Crippen molar-refractivity contribution in [3.05, 3.63) is 58.1 Å². The molecule has 1 N–H and O–H groups in total. The first-order chi connectivity index (χ1) is 11.9. The van der Waals surface area contributed by atoms with Gasteiger partial charge < -0.3 is 14.8 Å². The molecule has 0 saturated carbocycles. The fraction of sp³-hybridized carbons (Fsp3) is 0.263. The third kappa shape index (κ3) is 5.50. The standard InChI is InChI=1S/C19H20ClNO4/c1-12-5-4-6-13(2)19(12)21-17(22)10-25-18(23)11-24-16-8-7-15(20)9-14(16)3/h4-9H,10-11H2,1-3H3,(H,21,22). The van der Waals surface area contributed by atoms with E-state index < -0.39 is 11.9 Å². The van der Waals surface area contributed by atoms with E-state index in [1.54, 1.807) is 18.2 Å². The Morgan fingerprint density at radius 2 is 1.68 bits per heavy atom. The van der Waals surface area contributed by atoms with Crippen LogP contribution in [-0.4, -0.2) is 25.1 Å². The smallest absolute Gasteiger partial charge is 0.344 e. The Bertz CT molecular complexity index is 769. The van der Waals surface area contributed by atoms with Crippen molar-refractivity contribution in [2.24, 2.45) is 0 Å². The summed E-state index contributed by atoms with van der Waals surface area (Å²) in [4.78, 5) is 23.7. The Morgan fingerprint density at radius 3 is 2.32 bits per heavy atom. The van der Waals surface area contributed by atoms with Crippen LogP contribution in [0.1, 0.15) is 16.7 Å². The number of carbonyl (C=O) groups is 2. The number of aryl methyl sites for hydroxylation is 3. The van der Waals surface area contributed by atoms with Gasteiger partial charge in [-0.05, 0) is 55.7 Å². The molecule has 6 heteroatoms. The van der Waals surface area contributed by atoms with Gasteiger partial charge in [-0.25, -0.2) is 4.79 Å². The van der Waals surface area contributed by atoms with E-state index >= 15 is 0 Å². The fourth-order valence-electron chi connectivity index (χ4n) is 2.29. The molecule has 0 spiro atoms. The van der Waals surface area contributed by atoms with E-state index in [0.29, 0.717) is 10.8 Å². The average Bonchev–Trinajstić information content (AvgIpc) is 2.55. The molecule has 25 heavy (non-hydrogen) atoms. The molecule has 132 valence electrons. The zero-order valence-electron chi connectivity index (χ0n) is 14.4. The maximum absolute atomic E-state index is 11.9. The van der Waals surface area contributed by atoms with Gasteiger partial charge in [0, 0.05) is 10.7 Å². The largest absolute Gasteiger partial charge is 0.482 e. The predicted molar refractivity (Wildman–Crippen MR) is 97.2 cm³/mol. The van der Waals surface area contributed by atoms with Crippen LogP contribution in [0.5, 0.6) is 5.75 Å². The highest BCUT2D eigenvalue weighted by molar-refractivity contribution is 6.30. The second-order valence-corrected chi connectivity index (χ2v) is 6.11. The number of para-hydroxylation sites is 1. The minimum Gasteiger partial charge on any atom is -0.482 e. The summed E-state index contributed by atoms with van der Waals surface area (Å²) in [5.41, 5.74) is 3.44. The summed E-state index contributed by atoms with van der Waals surface area (Å²) in [5.74, 6) is -0.472. The van der Waals surface area contributed by atoms with E-state index in [2.05, 4.69) is 5.32 Å². The SMILES string of the molecule is Cc1cc(Cl)ccc1OCC(=O)OCC(=O)Nc1c(C)cccc1C. The van der Waals surface area contributed by atoms with Crippen LogP contribution in [0, 0.1) is 20.8 Å². The Labute approximate surface area is 151 Å². The molecule has 2 aromatic rings. The van der Waals surface area contributed by atoms with Crippen molar-refractivity contribution in [1.29, 1.82) is 0 Å². The van der Waals surface area contributed by atoms with Crippen LogP contribution in [0.3, 0.4) is 0 Å². The summed E-state index contributed by atoms with van der Waals surface area (Å²) in [5, 5.41) is 3.34. The van der Waals surface area contributed by atoms with E-state index in [9.17, 15) is 9.59 Å². The van der Waals surface area contributed by atoms with Crippen LogP contribution in [0.25, 0.3) is 0 Å². The quantitative estimate of drug-likeness (QED) is 0.794. The van der Waals surface area contributed by atoms with Crippen LogP contribution in [-0.2, 0) is 14.3 Å². The fourth-order valence-corrected chi connectivity index (χ4v) is 2.51. The first-order valence-electron chi connectivity index (χ1n) is 7.77. The molecule has 0 bridgehead atoms. The summed E-state index contributed by atoms with van der Waals surface area (Å²) < 4.78 is 10.3. The van der Waals surface area contributed by atoms with Gasteiger partial charge in [-0.3, -0.25) is 4.79 Å². The van der Waals surface area contributed by atoms with Crippen LogP contribution in [0.2, 0.25) is 5.02 Å². The second-order valence-electron chi connectivity index (χ2n) is 5.67. The predicted octanol–water partition coefficient (Wildman–Crippen LogP) is 3.83. The molecule has 2 rings (SSSR count).